The van der Waals surface area contributed by atoms with Gasteiger partial charge in [-0.1, -0.05) is 12.1 Å². The molecular formula is C14H14FN3O2. The number of hydrogen-bond donors (Lipinski definition) is 1. The Labute approximate surface area is 115 Å². The summed E-state index contributed by atoms with van der Waals surface area (Å²) < 4.78 is 18.2. The zero-order valence-electron chi connectivity index (χ0n) is 11.4. The second-order valence-corrected chi connectivity index (χ2v) is 4.35. The lowest BCUT2D eigenvalue weighted by atomic mass is 10.1. The van der Waals surface area contributed by atoms with Gasteiger partial charge in [-0.25, -0.2) is 19.2 Å². The van der Waals surface area contributed by atoms with Crippen LogP contribution in [0, 0.1) is 19.7 Å². The molecule has 0 amide bonds. The number of nitrogens with two attached hydrogens (primary N) is 1. The second kappa shape index (κ2) is 5.24. The van der Waals surface area contributed by atoms with Crippen molar-refractivity contribution in [3.8, 4) is 11.4 Å². The number of halogens is 1. The number of aromatic nitrogens is 2. The smallest absolute Gasteiger partial charge is 0.343 e. The third-order valence-corrected chi connectivity index (χ3v) is 2.94. The summed E-state index contributed by atoms with van der Waals surface area (Å²) in [5, 5.41) is 0. The molecule has 1 aromatic heterocycles. The highest BCUT2D eigenvalue weighted by molar-refractivity contribution is 5.95. The summed E-state index contributed by atoms with van der Waals surface area (Å²) in [6, 6.07) is 4.67. The largest absolute Gasteiger partial charge is 0.465 e. The van der Waals surface area contributed by atoms with Crippen molar-refractivity contribution in [3.63, 3.8) is 0 Å². The van der Waals surface area contributed by atoms with E-state index >= 15 is 0 Å². The topological polar surface area (TPSA) is 78.1 Å². The number of ether oxygens (including phenoxy) is 1. The monoisotopic (exact) mass is 275 g/mol. The lowest BCUT2D eigenvalue weighted by Crippen LogP contribution is -2.12. The Hall–Kier alpha value is -2.50. The zero-order chi connectivity index (χ0) is 14.9. The molecule has 6 heteroatoms. The number of esters is 1. The first-order chi connectivity index (χ1) is 9.43. The summed E-state index contributed by atoms with van der Waals surface area (Å²) in [6.45, 7) is 3.29. The Morgan fingerprint density at radius 1 is 1.30 bits per heavy atom. The predicted octanol–water partition coefficient (Wildman–Crippen LogP) is 2.27. The van der Waals surface area contributed by atoms with Crippen LogP contribution in [-0.2, 0) is 4.74 Å². The molecule has 0 unspecified atom stereocenters. The number of nitrogen functional groups attached to an aromatic ring is 1. The van der Waals surface area contributed by atoms with Gasteiger partial charge < -0.3 is 10.5 Å². The van der Waals surface area contributed by atoms with Crippen LogP contribution in [0.25, 0.3) is 11.4 Å². The molecule has 0 saturated carbocycles. The van der Waals surface area contributed by atoms with E-state index < -0.39 is 5.97 Å². The van der Waals surface area contributed by atoms with Crippen LogP contribution in [0.2, 0.25) is 0 Å². The lowest BCUT2D eigenvalue weighted by molar-refractivity contribution is 0.0600. The molecule has 0 spiro atoms. The van der Waals surface area contributed by atoms with Crippen molar-refractivity contribution in [2.24, 2.45) is 0 Å². The molecule has 5 nitrogen and oxygen atoms in total. The summed E-state index contributed by atoms with van der Waals surface area (Å²) in [4.78, 5) is 19.8. The molecule has 2 aromatic rings. The van der Waals surface area contributed by atoms with E-state index in [2.05, 4.69) is 14.7 Å². The van der Waals surface area contributed by atoms with Crippen LogP contribution in [0.1, 0.15) is 21.6 Å². The minimum Gasteiger partial charge on any atom is -0.465 e. The first-order valence-corrected chi connectivity index (χ1v) is 5.93. The molecule has 0 atom stereocenters. The molecule has 0 aliphatic carbocycles. The average Bonchev–Trinajstić information content (AvgIpc) is 2.40. The highest BCUT2D eigenvalue weighted by atomic mass is 19.1. The molecular weight excluding hydrogens is 261 g/mol. The van der Waals surface area contributed by atoms with E-state index in [9.17, 15) is 9.18 Å². The molecule has 0 radical (unpaired) electrons. The Bertz CT molecular complexity index is 663. The van der Waals surface area contributed by atoms with Crippen molar-refractivity contribution in [2.75, 3.05) is 12.8 Å². The van der Waals surface area contributed by atoms with Crippen LogP contribution in [0.4, 0.5) is 10.2 Å². The van der Waals surface area contributed by atoms with E-state index in [0.717, 1.165) is 0 Å². The number of benzene rings is 1. The number of carbonyl (C=O) groups excluding carboxylic acids is 1. The van der Waals surface area contributed by atoms with Gasteiger partial charge in [0.2, 0.25) is 0 Å². The van der Waals surface area contributed by atoms with Crippen LogP contribution in [0.15, 0.2) is 18.2 Å². The van der Waals surface area contributed by atoms with E-state index in [-0.39, 0.29) is 23.0 Å². The summed E-state index contributed by atoms with van der Waals surface area (Å²) >= 11 is 0. The molecule has 1 heterocycles. The molecule has 1 aromatic carbocycles. The fourth-order valence-corrected chi connectivity index (χ4v) is 1.81. The first-order valence-electron chi connectivity index (χ1n) is 5.93. The van der Waals surface area contributed by atoms with Crippen molar-refractivity contribution in [3.05, 3.63) is 40.8 Å². The summed E-state index contributed by atoms with van der Waals surface area (Å²) in [5.41, 5.74) is 7.31. The van der Waals surface area contributed by atoms with Crippen molar-refractivity contribution in [1.82, 2.24) is 9.97 Å². The van der Waals surface area contributed by atoms with Gasteiger partial charge in [0.05, 0.1) is 12.8 Å². The third-order valence-electron chi connectivity index (χ3n) is 2.94. The number of methoxy groups -OCH3 is 1. The van der Waals surface area contributed by atoms with Gasteiger partial charge in [0.25, 0.3) is 0 Å². The van der Waals surface area contributed by atoms with Crippen LogP contribution in [0.3, 0.4) is 0 Å². The van der Waals surface area contributed by atoms with Crippen LogP contribution >= 0.6 is 0 Å². The summed E-state index contributed by atoms with van der Waals surface area (Å²) in [5.74, 6) is -0.659. The molecule has 20 heavy (non-hydrogen) atoms. The van der Waals surface area contributed by atoms with E-state index in [1.54, 1.807) is 26.0 Å². The summed E-state index contributed by atoms with van der Waals surface area (Å²) in [7, 11) is 1.25. The Morgan fingerprint density at radius 3 is 2.55 bits per heavy atom. The predicted molar refractivity (Wildman–Crippen MR) is 72.7 cm³/mol. The fourth-order valence-electron chi connectivity index (χ4n) is 1.81. The average molecular weight is 275 g/mol. The zero-order valence-corrected chi connectivity index (χ0v) is 11.4. The quantitative estimate of drug-likeness (QED) is 0.850. The Morgan fingerprint density at radius 2 is 2.00 bits per heavy atom. The van der Waals surface area contributed by atoms with Gasteiger partial charge in [-0.3, -0.25) is 0 Å². The number of aryl methyl sites for hydroxylation is 2. The molecule has 0 bridgehead atoms. The van der Waals surface area contributed by atoms with Crippen molar-refractivity contribution in [2.45, 2.75) is 13.8 Å². The Balaban J connectivity index is 2.54. The first kappa shape index (κ1) is 13.9. The molecule has 104 valence electrons. The van der Waals surface area contributed by atoms with Gasteiger partial charge in [-0.05, 0) is 25.5 Å². The van der Waals surface area contributed by atoms with Gasteiger partial charge in [0.15, 0.2) is 5.82 Å². The number of anilines is 1. The van der Waals surface area contributed by atoms with Gasteiger partial charge in [-0.2, -0.15) is 0 Å². The van der Waals surface area contributed by atoms with Crippen molar-refractivity contribution < 1.29 is 13.9 Å². The van der Waals surface area contributed by atoms with E-state index in [4.69, 9.17) is 5.73 Å². The van der Waals surface area contributed by atoms with Crippen molar-refractivity contribution in [1.29, 1.82) is 0 Å². The highest BCUT2D eigenvalue weighted by Gasteiger charge is 2.18. The molecule has 2 N–H and O–H groups in total. The van der Waals surface area contributed by atoms with Gasteiger partial charge in [0, 0.05) is 5.56 Å². The molecule has 0 saturated heterocycles. The molecule has 2 rings (SSSR count). The highest BCUT2D eigenvalue weighted by Crippen LogP contribution is 2.22. The van der Waals surface area contributed by atoms with E-state index in [0.29, 0.717) is 16.8 Å². The van der Waals surface area contributed by atoms with Crippen LogP contribution in [0.5, 0.6) is 0 Å². The number of rotatable bonds is 2. The van der Waals surface area contributed by atoms with Gasteiger partial charge in [-0.15, -0.1) is 0 Å². The maximum atomic E-state index is 13.6. The van der Waals surface area contributed by atoms with E-state index in [1.807, 2.05) is 0 Å². The molecule has 0 aliphatic rings. The normalized spacial score (nSPS) is 10.4. The third kappa shape index (κ3) is 2.45. The maximum absolute atomic E-state index is 13.6. The number of carbonyl (C=O) groups is 1. The van der Waals surface area contributed by atoms with Gasteiger partial charge in [0.1, 0.15) is 17.2 Å². The lowest BCUT2D eigenvalue weighted by Gasteiger charge is -2.09. The Kier molecular flexibility index (Phi) is 3.65. The number of nitrogens with zero attached hydrogens (tertiary/aromatic N) is 2. The fraction of sp³-hybridized carbons (Fsp3) is 0.214. The molecule has 0 fully saturated rings. The second-order valence-electron chi connectivity index (χ2n) is 4.35. The number of hydrogen-bond acceptors (Lipinski definition) is 5. The van der Waals surface area contributed by atoms with E-state index in [1.165, 1.54) is 13.2 Å². The minimum absolute atomic E-state index is 0.0142. The van der Waals surface area contributed by atoms with Crippen LogP contribution in [-0.4, -0.2) is 23.0 Å². The molecule has 0 aliphatic heterocycles. The standard InChI is InChI=1S/C14H14FN3O2/c1-7-4-5-9(6-10(7)15)13-17-8(2)11(12(16)18-13)14(19)20-3/h4-6H,1-3H3,(H2,16,17,18). The minimum atomic E-state index is -0.596. The summed E-state index contributed by atoms with van der Waals surface area (Å²) in [6.07, 6.45) is 0. The SMILES string of the molecule is COC(=O)c1c(C)nc(-c2ccc(C)c(F)c2)nc1N. The maximum Gasteiger partial charge on any atom is 0.343 e. The van der Waals surface area contributed by atoms with Gasteiger partial charge >= 0.3 is 5.97 Å². The van der Waals surface area contributed by atoms with Crippen LogP contribution < -0.4 is 5.73 Å². The van der Waals surface area contributed by atoms with Crippen molar-refractivity contribution >= 4 is 11.8 Å².